The van der Waals surface area contributed by atoms with Gasteiger partial charge in [-0.2, -0.15) is 0 Å². The molecule has 0 spiro atoms. The monoisotopic (exact) mass is 520 g/mol. The second kappa shape index (κ2) is 24.2. The molecule has 2 aliphatic carbocycles. The molecule has 0 aromatic rings. The van der Waals surface area contributed by atoms with Gasteiger partial charge in [0.1, 0.15) is 5.78 Å². The average Bonchev–Trinajstić information content (AvgIpc) is 3.81. The summed E-state index contributed by atoms with van der Waals surface area (Å²) in [4.78, 5) is 11.2. The van der Waals surface area contributed by atoms with Crippen LogP contribution in [0.25, 0.3) is 0 Å². The number of ketones is 1. The Morgan fingerprint density at radius 1 is 0.919 bits per heavy atom. The average molecular weight is 520 g/mol. The minimum atomic E-state index is 0. The Hall–Kier alpha value is -0.890. The molecule has 0 aromatic heterocycles. The fraction of sp³-hybridized carbons (Fsp3) is 0.857. The van der Waals surface area contributed by atoms with E-state index in [1.54, 1.807) is 0 Å². The molecule has 2 rings (SSSR count). The molecule has 3 atom stereocenters. The predicted molar refractivity (Wildman–Crippen MR) is 169 cm³/mol. The Balaban J connectivity index is 0. The quantitative estimate of drug-likeness (QED) is 0.128. The second-order valence-corrected chi connectivity index (χ2v) is 11.9. The highest BCUT2D eigenvalue weighted by atomic mass is 16.1. The van der Waals surface area contributed by atoms with Crippen molar-refractivity contribution in [3.05, 3.63) is 24.8 Å². The van der Waals surface area contributed by atoms with Gasteiger partial charge in [-0.15, -0.1) is 6.58 Å². The van der Waals surface area contributed by atoms with Gasteiger partial charge >= 0.3 is 0 Å². The van der Waals surface area contributed by atoms with Gasteiger partial charge in [-0.3, -0.25) is 4.79 Å². The molecule has 220 valence electrons. The summed E-state index contributed by atoms with van der Waals surface area (Å²) in [6.45, 7) is 19.3. The maximum Gasteiger partial charge on any atom is 0.132 e. The Labute approximate surface area is 234 Å². The van der Waals surface area contributed by atoms with Gasteiger partial charge < -0.3 is 5.73 Å². The van der Waals surface area contributed by atoms with Gasteiger partial charge in [-0.05, 0) is 68.7 Å². The third kappa shape index (κ3) is 19.8. The Bertz CT molecular complexity index is 558. The van der Waals surface area contributed by atoms with Crippen molar-refractivity contribution in [2.45, 2.75) is 164 Å². The van der Waals surface area contributed by atoms with E-state index in [1.165, 1.54) is 108 Å². The summed E-state index contributed by atoms with van der Waals surface area (Å²) in [7, 11) is 0. The van der Waals surface area contributed by atoms with Crippen LogP contribution in [0.2, 0.25) is 0 Å². The first-order valence-electron chi connectivity index (χ1n) is 15.8. The lowest BCUT2D eigenvalue weighted by atomic mass is 9.85. The van der Waals surface area contributed by atoms with E-state index in [0.29, 0.717) is 17.6 Å². The molecule has 0 aromatic carbocycles. The van der Waals surface area contributed by atoms with E-state index in [0.717, 1.165) is 37.1 Å². The lowest BCUT2D eigenvalue weighted by Gasteiger charge is -2.21. The van der Waals surface area contributed by atoms with E-state index in [2.05, 4.69) is 40.9 Å². The first kappa shape index (κ1) is 38.3. The van der Waals surface area contributed by atoms with Crippen LogP contribution in [0.1, 0.15) is 164 Å². The summed E-state index contributed by atoms with van der Waals surface area (Å²) >= 11 is 0. The van der Waals surface area contributed by atoms with Crippen molar-refractivity contribution >= 4 is 5.78 Å². The van der Waals surface area contributed by atoms with Crippen molar-refractivity contribution in [3.63, 3.8) is 0 Å². The molecule has 2 fully saturated rings. The number of rotatable bonds is 20. The zero-order valence-corrected chi connectivity index (χ0v) is 25.4. The highest BCUT2D eigenvalue weighted by molar-refractivity contribution is 5.77. The molecule has 2 saturated carbocycles. The summed E-state index contributed by atoms with van der Waals surface area (Å²) in [6.07, 6.45) is 26.6. The highest BCUT2D eigenvalue weighted by Gasteiger charge is 2.45. The second-order valence-electron chi connectivity index (χ2n) is 11.9. The number of allylic oxidation sites excluding steroid dienone is 2. The molecule has 0 amide bonds. The van der Waals surface area contributed by atoms with Crippen LogP contribution in [0.15, 0.2) is 24.8 Å². The number of unbranched alkanes of at least 4 members (excludes halogenated alkanes) is 11. The van der Waals surface area contributed by atoms with E-state index in [9.17, 15) is 4.79 Å². The fourth-order valence-corrected chi connectivity index (χ4v) is 5.15. The van der Waals surface area contributed by atoms with Crippen LogP contribution < -0.4 is 5.73 Å². The number of carbonyl (C=O) groups is 1. The zero-order valence-electron chi connectivity index (χ0n) is 25.4. The lowest BCUT2D eigenvalue weighted by Crippen LogP contribution is -2.21. The largest absolute Gasteiger partial charge is 0.330 e. The zero-order chi connectivity index (χ0) is 27.2. The third-order valence-corrected chi connectivity index (χ3v) is 8.55. The number of hydrogen-bond donors (Lipinski definition) is 1. The Morgan fingerprint density at radius 2 is 1.41 bits per heavy atom. The molecule has 2 N–H and O–H groups in total. The van der Waals surface area contributed by atoms with Crippen LogP contribution >= 0.6 is 0 Å². The van der Waals surface area contributed by atoms with Gasteiger partial charge in [-0.25, -0.2) is 0 Å². The molecule has 0 heterocycles. The minimum Gasteiger partial charge on any atom is -0.330 e. The SMILES string of the molecule is C.C=CC1CC1C(=C)C.CCC(=O)CCCCCCCCCCCC1(C(C)CN)CC1.CCCCCC. The molecular weight excluding hydrogens is 450 g/mol. The van der Waals surface area contributed by atoms with Gasteiger partial charge in [0.25, 0.3) is 0 Å². The van der Waals surface area contributed by atoms with Crippen molar-refractivity contribution in [2.24, 2.45) is 28.9 Å². The van der Waals surface area contributed by atoms with E-state index in [1.807, 2.05) is 13.0 Å². The normalized spacial score (nSPS) is 19.2. The maximum absolute atomic E-state index is 11.2. The van der Waals surface area contributed by atoms with Crippen LogP contribution in [-0.4, -0.2) is 12.3 Å². The van der Waals surface area contributed by atoms with Gasteiger partial charge in [0, 0.05) is 12.8 Å². The van der Waals surface area contributed by atoms with Crippen molar-refractivity contribution in [3.8, 4) is 0 Å². The number of carbonyl (C=O) groups excluding carboxylic acids is 1. The van der Waals surface area contributed by atoms with Crippen molar-refractivity contribution in [1.82, 2.24) is 0 Å². The number of Topliss-reactive ketones (excluding diaryl/α,β-unsaturated/α-hetero) is 1. The number of hydrogen-bond acceptors (Lipinski definition) is 2. The van der Waals surface area contributed by atoms with Gasteiger partial charge in [-0.1, -0.05) is 130 Å². The molecule has 2 aliphatic rings. The molecule has 0 saturated heterocycles. The number of nitrogens with two attached hydrogens (primary N) is 1. The maximum atomic E-state index is 11.2. The predicted octanol–water partition coefficient (Wildman–Crippen LogP) is 11.2. The Kier molecular flexibility index (Phi) is 25.0. The lowest BCUT2D eigenvalue weighted by molar-refractivity contribution is -0.118. The molecule has 37 heavy (non-hydrogen) atoms. The van der Waals surface area contributed by atoms with E-state index < -0.39 is 0 Å². The molecule has 0 radical (unpaired) electrons. The van der Waals surface area contributed by atoms with Crippen LogP contribution in [0.3, 0.4) is 0 Å². The summed E-state index contributed by atoms with van der Waals surface area (Å²) in [6, 6.07) is 0. The molecule has 2 heteroatoms. The summed E-state index contributed by atoms with van der Waals surface area (Å²) < 4.78 is 0. The Morgan fingerprint density at radius 3 is 1.73 bits per heavy atom. The summed E-state index contributed by atoms with van der Waals surface area (Å²) in [5.41, 5.74) is 7.78. The van der Waals surface area contributed by atoms with Gasteiger partial charge in [0.05, 0.1) is 0 Å². The van der Waals surface area contributed by atoms with Crippen molar-refractivity contribution in [1.29, 1.82) is 0 Å². The third-order valence-electron chi connectivity index (χ3n) is 8.55. The molecule has 0 bridgehead atoms. The highest BCUT2D eigenvalue weighted by Crippen LogP contribution is 2.55. The molecule has 0 aliphatic heterocycles. The van der Waals surface area contributed by atoms with Gasteiger partial charge in [0.15, 0.2) is 0 Å². The van der Waals surface area contributed by atoms with E-state index >= 15 is 0 Å². The minimum absolute atomic E-state index is 0. The summed E-state index contributed by atoms with van der Waals surface area (Å²) in [5, 5.41) is 0. The smallest absolute Gasteiger partial charge is 0.132 e. The first-order chi connectivity index (χ1) is 17.3. The van der Waals surface area contributed by atoms with E-state index in [-0.39, 0.29) is 7.43 Å². The fourth-order valence-electron chi connectivity index (χ4n) is 5.15. The molecule has 3 unspecified atom stereocenters. The standard InChI is InChI=1S/C20H39NO.C8H12.C6H14.CH4/c1-3-19(22)13-11-9-7-5-4-6-8-10-12-14-20(15-16-20)18(2)17-21;1-4-7-5-8(7)6(2)3;1-3-5-6-4-2;/h18H,3-17,21H2,1-2H3;4,7-8H,1-2,5H2,3H3;3-6H2,1-2H3;1H4. The van der Waals surface area contributed by atoms with Crippen molar-refractivity contribution in [2.75, 3.05) is 6.54 Å². The first-order valence-corrected chi connectivity index (χ1v) is 15.8. The van der Waals surface area contributed by atoms with Crippen LogP contribution in [0, 0.1) is 23.2 Å². The van der Waals surface area contributed by atoms with Crippen LogP contribution in [0.4, 0.5) is 0 Å². The van der Waals surface area contributed by atoms with E-state index in [4.69, 9.17) is 5.73 Å². The van der Waals surface area contributed by atoms with Crippen LogP contribution in [-0.2, 0) is 4.79 Å². The van der Waals surface area contributed by atoms with Crippen molar-refractivity contribution < 1.29 is 4.79 Å². The molecular formula is C35H69NO. The van der Waals surface area contributed by atoms with Crippen LogP contribution in [0.5, 0.6) is 0 Å². The topological polar surface area (TPSA) is 43.1 Å². The summed E-state index contributed by atoms with van der Waals surface area (Å²) in [5.74, 6) is 2.68. The molecule has 2 nitrogen and oxygen atoms in total. The van der Waals surface area contributed by atoms with Gasteiger partial charge in [0.2, 0.25) is 0 Å².